The molecule has 1 saturated heterocycles. The van der Waals surface area contributed by atoms with E-state index in [1.165, 1.54) is 45.3 Å². The highest BCUT2D eigenvalue weighted by molar-refractivity contribution is 4.91. The Kier molecular flexibility index (Phi) is 5.61. The van der Waals surface area contributed by atoms with Gasteiger partial charge in [-0.2, -0.15) is 0 Å². The summed E-state index contributed by atoms with van der Waals surface area (Å²) in [5, 5.41) is 11.6. The van der Waals surface area contributed by atoms with Gasteiger partial charge >= 0.3 is 0 Å². The van der Waals surface area contributed by atoms with E-state index in [9.17, 15) is 0 Å². The Hall–Kier alpha value is -0.940. The Morgan fingerprint density at radius 1 is 1.22 bits per heavy atom. The summed E-state index contributed by atoms with van der Waals surface area (Å²) in [5.74, 6) is 0. The molecule has 1 N–H and O–H groups in total. The predicted molar refractivity (Wildman–Crippen MR) is 72.3 cm³/mol. The van der Waals surface area contributed by atoms with Crippen LogP contribution in [0.1, 0.15) is 38.3 Å². The molecule has 0 aromatic carbocycles. The van der Waals surface area contributed by atoms with Crippen LogP contribution in [-0.2, 0) is 13.1 Å². The molecule has 1 aliphatic rings. The van der Waals surface area contributed by atoms with Gasteiger partial charge in [0.2, 0.25) is 0 Å². The number of piperidine rings is 1. The first-order valence-corrected chi connectivity index (χ1v) is 7.20. The average molecular weight is 251 g/mol. The number of hydrogen-bond donors (Lipinski definition) is 1. The summed E-state index contributed by atoms with van der Waals surface area (Å²) in [7, 11) is 0. The van der Waals surface area contributed by atoms with Gasteiger partial charge in [-0.15, -0.1) is 5.10 Å². The molecule has 1 aromatic heterocycles. The maximum absolute atomic E-state index is 4.16. The lowest BCUT2D eigenvalue weighted by molar-refractivity contribution is 0.221. The third-order valence-corrected chi connectivity index (χ3v) is 3.45. The lowest BCUT2D eigenvalue weighted by atomic mass is 10.1. The van der Waals surface area contributed by atoms with Crippen molar-refractivity contribution in [3.8, 4) is 0 Å². The van der Waals surface area contributed by atoms with Crippen molar-refractivity contribution in [2.75, 3.05) is 26.2 Å². The third-order valence-electron chi connectivity index (χ3n) is 3.45. The number of likely N-dealkylation sites (tertiary alicyclic amines) is 1. The summed E-state index contributed by atoms with van der Waals surface area (Å²) in [5.41, 5.74) is 1.04. The molecule has 18 heavy (non-hydrogen) atoms. The first-order chi connectivity index (χ1) is 8.88. The van der Waals surface area contributed by atoms with Gasteiger partial charge in [0.1, 0.15) is 0 Å². The van der Waals surface area contributed by atoms with Crippen LogP contribution in [0.25, 0.3) is 0 Å². The van der Waals surface area contributed by atoms with Crippen molar-refractivity contribution in [1.29, 1.82) is 0 Å². The van der Waals surface area contributed by atoms with Gasteiger partial charge in [0.15, 0.2) is 0 Å². The van der Waals surface area contributed by atoms with E-state index in [4.69, 9.17) is 0 Å². The van der Waals surface area contributed by atoms with Crippen LogP contribution in [-0.4, -0.2) is 46.1 Å². The SMILES string of the molecule is CCNCc1cn(CCCN2CCCCC2)nn1. The molecule has 2 heterocycles. The number of aryl methyl sites for hydroxylation is 1. The van der Waals surface area contributed by atoms with Gasteiger partial charge in [-0.25, -0.2) is 0 Å². The second-order valence-electron chi connectivity index (χ2n) is 5.01. The number of nitrogens with one attached hydrogen (secondary N) is 1. The molecule has 1 aromatic rings. The molecule has 0 bridgehead atoms. The zero-order valence-corrected chi connectivity index (χ0v) is 11.4. The fourth-order valence-corrected chi connectivity index (χ4v) is 2.42. The van der Waals surface area contributed by atoms with Crippen molar-refractivity contribution in [2.24, 2.45) is 0 Å². The van der Waals surface area contributed by atoms with Crippen molar-refractivity contribution >= 4 is 0 Å². The van der Waals surface area contributed by atoms with Gasteiger partial charge < -0.3 is 10.2 Å². The van der Waals surface area contributed by atoms with Crippen LogP contribution in [0.3, 0.4) is 0 Å². The number of aromatic nitrogens is 3. The van der Waals surface area contributed by atoms with Crippen LogP contribution in [0.5, 0.6) is 0 Å². The topological polar surface area (TPSA) is 46.0 Å². The number of nitrogens with zero attached hydrogens (tertiary/aromatic N) is 4. The molecule has 0 atom stereocenters. The van der Waals surface area contributed by atoms with Crippen molar-refractivity contribution in [2.45, 2.75) is 45.7 Å². The quantitative estimate of drug-likeness (QED) is 0.792. The van der Waals surface area contributed by atoms with E-state index in [1.807, 2.05) is 4.68 Å². The van der Waals surface area contributed by atoms with Crippen LogP contribution >= 0.6 is 0 Å². The van der Waals surface area contributed by atoms with Crippen molar-refractivity contribution < 1.29 is 0 Å². The third kappa shape index (κ3) is 4.38. The Labute approximate surface area is 110 Å². The van der Waals surface area contributed by atoms with Gasteiger partial charge in [0.05, 0.1) is 5.69 Å². The minimum absolute atomic E-state index is 0.822. The number of rotatable bonds is 7. The van der Waals surface area contributed by atoms with E-state index < -0.39 is 0 Å². The van der Waals surface area contributed by atoms with Crippen LogP contribution < -0.4 is 5.32 Å². The maximum Gasteiger partial charge on any atom is 0.0964 e. The molecule has 5 nitrogen and oxygen atoms in total. The maximum atomic E-state index is 4.16. The Bertz CT molecular complexity index is 330. The fraction of sp³-hybridized carbons (Fsp3) is 0.846. The Morgan fingerprint density at radius 3 is 2.83 bits per heavy atom. The fourth-order valence-electron chi connectivity index (χ4n) is 2.42. The van der Waals surface area contributed by atoms with Crippen LogP contribution in [0, 0.1) is 0 Å². The normalized spacial score (nSPS) is 17.2. The second kappa shape index (κ2) is 7.48. The highest BCUT2D eigenvalue weighted by Gasteiger charge is 2.09. The number of hydrogen-bond acceptors (Lipinski definition) is 4. The smallest absolute Gasteiger partial charge is 0.0964 e. The molecular weight excluding hydrogens is 226 g/mol. The van der Waals surface area contributed by atoms with Gasteiger partial charge in [0, 0.05) is 19.3 Å². The highest BCUT2D eigenvalue weighted by atomic mass is 15.4. The lowest BCUT2D eigenvalue weighted by Crippen LogP contribution is -2.31. The van der Waals surface area contributed by atoms with Crippen LogP contribution in [0.4, 0.5) is 0 Å². The summed E-state index contributed by atoms with van der Waals surface area (Å²) in [4.78, 5) is 2.57. The molecule has 0 saturated carbocycles. The van der Waals surface area contributed by atoms with Gasteiger partial charge in [0.25, 0.3) is 0 Å². The largest absolute Gasteiger partial charge is 0.311 e. The molecule has 0 radical (unpaired) electrons. The summed E-state index contributed by atoms with van der Waals surface area (Å²) in [6, 6.07) is 0. The highest BCUT2D eigenvalue weighted by Crippen LogP contribution is 2.08. The lowest BCUT2D eigenvalue weighted by Gasteiger charge is -2.26. The molecule has 1 aliphatic heterocycles. The van der Waals surface area contributed by atoms with Gasteiger partial charge in [-0.05, 0) is 45.4 Å². The second-order valence-corrected chi connectivity index (χ2v) is 5.01. The molecule has 0 unspecified atom stereocenters. The summed E-state index contributed by atoms with van der Waals surface area (Å²) in [6.45, 7) is 8.64. The molecule has 102 valence electrons. The van der Waals surface area contributed by atoms with Crippen molar-refractivity contribution in [3.63, 3.8) is 0 Å². The van der Waals surface area contributed by atoms with Gasteiger partial charge in [-0.3, -0.25) is 4.68 Å². The summed E-state index contributed by atoms with van der Waals surface area (Å²) >= 11 is 0. The first-order valence-electron chi connectivity index (χ1n) is 7.20. The Morgan fingerprint density at radius 2 is 2.06 bits per heavy atom. The van der Waals surface area contributed by atoms with Crippen molar-refractivity contribution in [3.05, 3.63) is 11.9 Å². The molecule has 5 heteroatoms. The molecule has 2 rings (SSSR count). The summed E-state index contributed by atoms with van der Waals surface area (Å²) < 4.78 is 1.97. The van der Waals surface area contributed by atoms with E-state index in [0.717, 1.165) is 25.3 Å². The van der Waals surface area contributed by atoms with E-state index >= 15 is 0 Å². The minimum Gasteiger partial charge on any atom is -0.311 e. The molecule has 1 fully saturated rings. The molecule has 0 spiro atoms. The van der Waals surface area contributed by atoms with E-state index in [-0.39, 0.29) is 0 Å². The van der Waals surface area contributed by atoms with E-state index in [1.54, 1.807) is 0 Å². The van der Waals surface area contributed by atoms with E-state index in [2.05, 4.69) is 33.6 Å². The van der Waals surface area contributed by atoms with Crippen molar-refractivity contribution in [1.82, 2.24) is 25.2 Å². The van der Waals surface area contributed by atoms with Gasteiger partial charge in [-0.1, -0.05) is 18.6 Å². The first kappa shape index (κ1) is 13.5. The van der Waals surface area contributed by atoms with E-state index in [0.29, 0.717) is 0 Å². The monoisotopic (exact) mass is 251 g/mol. The standard InChI is InChI=1S/C13H25N5/c1-2-14-11-13-12-18(16-15-13)10-6-9-17-7-4-3-5-8-17/h12,14H,2-11H2,1H3. The minimum atomic E-state index is 0.822. The predicted octanol–water partition coefficient (Wildman–Crippen LogP) is 1.26. The van der Waals surface area contributed by atoms with Crippen LogP contribution in [0.2, 0.25) is 0 Å². The molecular formula is C13H25N5. The Balaban J connectivity index is 1.64. The van der Waals surface area contributed by atoms with Crippen LogP contribution in [0.15, 0.2) is 6.20 Å². The average Bonchev–Trinajstić information content (AvgIpc) is 2.85. The molecule has 0 amide bonds. The summed E-state index contributed by atoms with van der Waals surface area (Å²) in [6.07, 6.45) is 7.38. The molecule has 0 aliphatic carbocycles. The zero-order valence-electron chi connectivity index (χ0n) is 11.4. The zero-order chi connectivity index (χ0) is 12.6.